The van der Waals surface area contributed by atoms with Gasteiger partial charge in [-0.25, -0.2) is 0 Å². The number of rotatable bonds is 6. The summed E-state index contributed by atoms with van der Waals surface area (Å²) >= 11 is 0. The van der Waals surface area contributed by atoms with Gasteiger partial charge in [-0.05, 0) is 71.0 Å². The standard InChI is InChI=1S/C40H48O7Si/c1-37(2,3)48(27-12-8-6-9-13-27,28-14-10-7-11-15-28)47-33-16-17-34(42)40(36(43)45-5)30-18-21-38(4)29(26-20-23-46-25-26)19-22-39(38,44)35(30)32(41)24-31(33)40/h6-15,20,23,25,29-31,33,35,44H,16-19,21-22,24H2,1-5H3/t29-,30+,31-,33+,35-,38-,39+,40+/m1/s1. The number of hydrogen-bond donors (Lipinski definition) is 1. The lowest BCUT2D eigenvalue weighted by molar-refractivity contribution is -0.215. The van der Waals surface area contributed by atoms with Crippen LogP contribution < -0.4 is 10.4 Å². The lowest BCUT2D eigenvalue weighted by Crippen LogP contribution is -2.73. The predicted molar refractivity (Wildman–Crippen MR) is 184 cm³/mol. The molecule has 7 rings (SSSR count). The van der Waals surface area contributed by atoms with E-state index in [9.17, 15) is 19.5 Å². The second kappa shape index (κ2) is 11.6. The van der Waals surface area contributed by atoms with Gasteiger partial charge in [-0.15, -0.1) is 0 Å². The molecule has 0 saturated heterocycles. The number of fused-ring (bicyclic) bond motifs is 5. The van der Waals surface area contributed by atoms with E-state index in [1.807, 2.05) is 42.5 Å². The highest BCUT2D eigenvalue weighted by molar-refractivity contribution is 6.99. The van der Waals surface area contributed by atoms with Crippen molar-refractivity contribution in [2.75, 3.05) is 7.11 Å². The van der Waals surface area contributed by atoms with Crippen LogP contribution in [0.15, 0.2) is 83.7 Å². The van der Waals surface area contributed by atoms with Crippen molar-refractivity contribution in [1.82, 2.24) is 0 Å². The van der Waals surface area contributed by atoms with Crippen molar-refractivity contribution in [3.8, 4) is 0 Å². The van der Waals surface area contributed by atoms with Crippen LogP contribution in [0.1, 0.15) is 84.1 Å². The van der Waals surface area contributed by atoms with Gasteiger partial charge in [-0.3, -0.25) is 14.4 Å². The van der Waals surface area contributed by atoms with E-state index in [1.54, 1.807) is 12.5 Å². The Kier molecular flexibility index (Phi) is 8.04. The van der Waals surface area contributed by atoms with Crippen LogP contribution in [0.3, 0.4) is 0 Å². The van der Waals surface area contributed by atoms with E-state index < -0.39 is 54.6 Å². The van der Waals surface area contributed by atoms with E-state index in [-0.39, 0.29) is 35.4 Å². The molecule has 0 unspecified atom stereocenters. The number of carbonyl (C=O) groups excluding carboxylic acids is 3. The van der Waals surface area contributed by atoms with Crippen molar-refractivity contribution < 1.29 is 33.1 Å². The number of ether oxygens (including phenoxy) is 1. The first-order chi connectivity index (χ1) is 22.9. The Hall–Kier alpha value is -3.33. The zero-order valence-corrected chi connectivity index (χ0v) is 29.7. The van der Waals surface area contributed by atoms with E-state index in [4.69, 9.17) is 13.6 Å². The predicted octanol–water partition coefficient (Wildman–Crippen LogP) is 5.98. The smallest absolute Gasteiger partial charge is 0.320 e. The lowest BCUT2D eigenvalue weighted by Gasteiger charge is -2.62. The number of hydrogen-bond acceptors (Lipinski definition) is 7. The molecule has 48 heavy (non-hydrogen) atoms. The Bertz CT molecular complexity index is 1630. The molecule has 4 saturated carbocycles. The molecule has 1 aromatic heterocycles. The Balaban J connectivity index is 1.36. The topological polar surface area (TPSA) is 103 Å². The molecule has 8 heteroatoms. The van der Waals surface area contributed by atoms with Crippen molar-refractivity contribution in [2.24, 2.45) is 28.6 Å². The summed E-state index contributed by atoms with van der Waals surface area (Å²) in [6, 6.07) is 22.6. The maximum atomic E-state index is 14.7. The van der Waals surface area contributed by atoms with E-state index in [0.29, 0.717) is 32.1 Å². The number of ketones is 2. The number of benzene rings is 2. The molecule has 4 aliphatic rings. The van der Waals surface area contributed by atoms with Crippen LogP contribution in [-0.4, -0.2) is 49.8 Å². The third-order valence-electron chi connectivity index (χ3n) is 13.2. The Morgan fingerprint density at radius 3 is 2.12 bits per heavy atom. The van der Waals surface area contributed by atoms with Gasteiger partial charge in [0.2, 0.25) is 0 Å². The molecule has 0 aliphatic heterocycles. The zero-order chi connectivity index (χ0) is 34.1. The number of furan rings is 1. The van der Waals surface area contributed by atoms with E-state index >= 15 is 0 Å². The van der Waals surface area contributed by atoms with Crippen molar-refractivity contribution in [3.63, 3.8) is 0 Å². The molecule has 254 valence electrons. The number of methoxy groups -OCH3 is 1. The van der Waals surface area contributed by atoms with Gasteiger partial charge in [-0.2, -0.15) is 0 Å². The third kappa shape index (κ3) is 4.41. The van der Waals surface area contributed by atoms with Crippen molar-refractivity contribution in [2.45, 2.75) is 95.3 Å². The Morgan fingerprint density at radius 1 is 0.917 bits per heavy atom. The van der Waals surface area contributed by atoms with Gasteiger partial charge in [0.15, 0.2) is 5.78 Å². The van der Waals surface area contributed by atoms with Crippen LogP contribution in [0.2, 0.25) is 5.04 Å². The average molecular weight is 669 g/mol. The summed E-state index contributed by atoms with van der Waals surface area (Å²) in [6.07, 6.45) is 5.57. The molecule has 2 aromatic carbocycles. The lowest BCUT2D eigenvalue weighted by atomic mass is 9.42. The van der Waals surface area contributed by atoms with Gasteiger partial charge in [-0.1, -0.05) is 88.4 Å². The molecule has 0 radical (unpaired) electrons. The molecule has 0 bridgehead atoms. The minimum Gasteiger partial charge on any atom is -0.472 e. The van der Waals surface area contributed by atoms with Crippen LogP contribution in [-0.2, 0) is 23.5 Å². The molecular formula is C40H48O7Si. The van der Waals surface area contributed by atoms with Gasteiger partial charge in [0.1, 0.15) is 11.2 Å². The van der Waals surface area contributed by atoms with Gasteiger partial charge < -0.3 is 18.7 Å². The van der Waals surface area contributed by atoms with Crippen LogP contribution >= 0.6 is 0 Å². The monoisotopic (exact) mass is 668 g/mol. The highest BCUT2D eigenvalue weighted by atomic mass is 28.4. The SMILES string of the molecule is COC(=O)[C@]12C(=O)CC[C@H](O[Si](c3ccccc3)(c3ccccc3)C(C)(C)C)[C@H]1CC(=O)[C@H]1[C@@H]2CC[C@]2(C)[C@@H](c3ccoc3)CC[C@]12O. The molecule has 8 atom stereocenters. The van der Waals surface area contributed by atoms with Crippen LogP contribution in [0, 0.1) is 28.6 Å². The van der Waals surface area contributed by atoms with Gasteiger partial charge >= 0.3 is 5.97 Å². The van der Waals surface area contributed by atoms with Crippen LogP contribution in [0.5, 0.6) is 0 Å². The summed E-state index contributed by atoms with van der Waals surface area (Å²) in [5, 5.41) is 14.6. The summed E-state index contributed by atoms with van der Waals surface area (Å²) in [7, 11) is -1.76. The zero-order valence-electron chi connectivity index (χ0n) is 28.7. The molecule has 1 N–H and O–H groups in total. The highest BCUT2D eigenvalue weighted by Crippen LogP contribution is 2.70. The summed E-state index contributed by atoms with van der Waals surface area (Å²) in [6.45, 7) is 8.69. The largest absolute Gasteiger partial charge is 0.472 e. The molecule has 0 spiro atoms. The van der Waals surface area contributed by atoms with E-state index in [1.165, 1.54) is 7.11 Å². The molecule has 3 aromatic rings. The summed E-state index contributed by atoms with van der Waals surface area (Å²) in [5.74, 6) is -3.05. The van der Waals surface area contributed by atoms with Crippen LogP contribution in [0.25, 0.3) is 0 Å². The second-order valence-corrected chi connectivity index (χ2v) is 20.3. The minimum absolute atomic E-state index is 0.00934. The van der Waals surface area contributed by atoms with E-state index in [2.05, 4.69) is 52.0 Å². The van der Waals surface area contributed by atoms with E-state index in [0.717, 1.165) is 15.9 Å². The molecule has 1 heterocycles. The van der Waals surface area contributed by atoms with Crippen molar-refractivity contribution >= 4 is 36.2 Å². The fourth-order valence-electron chi connectivity index (χ4n) is 11.1. The van der Waals surface area contributed by atoms with Gasteiger partial charge in [0.05, 0.1) is 37.3 Å². The quantitative estimate of drug-likeness (QED) is 0.196. The molecule has 4 fully saturated rings. The maximum absolute atomic E-state index is 14.7. The molecule has 4 aliphatic carbocycles. The fourth-order valence-corrected chi connectivity index (χ4v) is 15.8. The molecule has 7 nitrogen and oxygen atoms in total. The summed E-state index contributed by atoms with van der Waals surface area (Å²) in [4.78, 5) is 43.6. The van der Waals surface area contributed by atoms with Crippen molar-refractivity contribution in [1.29, 1.82) is 0 Å². The minimum atomic E-state index is -3.10. The summed E-state index contributed by atoms with van der Waals surface area (Å²) < 4.78 is 18.6. The first-order valence-corrected chi connectivity index (χ1v) is 19.4. The first-order valence-electron chi connectivity index (χ1n) is 17.5. The average Bonchev–Trinajstić information content (AvgIpc) is 3.70. The fraction of sp³-hybridized carbons (Fsp3) is 0.525. The van der Waals surface area contributed by atoms with Crippen LogP contribution in [0.4, 0.5) is 0 Å². The maximum Gasteiger partial charge on any atom is 0.320 e. The second-order valence-electron chi connectivity index (χ2n) is 16.0. The Labute approximate surface area is 284 Å². The normalized spacial score (nSPS) is 35.0. The number of carbonyl (C=O) groups is 3. The number of esters is 1. The Morgan fingerprint density at radius 2 is 1.56 bits per heavy atom. The summed E-state index contributed by atoms with van der Waals surface area (Å²) in [5.41, 5.74) is -2.54. The van der Waals surface area contributed by atoms with Crippen molar-refractivity contribution in [3.05, 3.63) is 84.8 Å². The number of Topliss-reactive ketones (excluding diaryl/α,β-unsaturated/α-hetero) is 2. The molecule has 0 amide bonds. The molecular weight excluding hydrogens is 621 g/mol. The number of aliphatic hydroxyl groups is 1. The van der Waals surface area contributed by atoms with Gasteiger partial charge in [0, 0.05) is 24.2 Å². The highest BCUT2D eigenvalue weighted by Gasteiger charge is 2.75. The third-order valence-corrected chi connectivity index (χ3v) is 18.2. The first kappa shape index (κ1) is 33.2. The van der Waals surface area contributed by atoms with Gasteiger partial charge in [0.25, 0.3) is 8.32 Å².